The molecule has 2 aromatic carbocycles. The first-order valence-corrected chi connectivity index (χ1v) is 9.46. The van der Waals surface area contributed by atoms with Gasteiger partial charge >= 0.3 is 6.03 Å². The largest absolute Gasteiger partial charge is 0.342 e. The molecule has 2 amide bonds. The number of carbonyl (C=O) groups excluding carboxylic acids is 1. The van der Waals surface area contributed by atoms with Gasteiger partial charge < -0.3 is 15.2 Å². The van der Waals surface area contributed by atoms with Crippen molar-refractivity contribution in [3.63, 3.8) is 0 Å². The predicted octanol–water partition coefficient (Wildman–Crippen LogP) is 3.26. The molecule has 6 heteroatoms. The lowest BCUT2D eigenvalue weighted by atomic mass is 10.1. The Morgan fingerprint density at radius 2 is 1.89 bits per heavy atom. The summed E-state index contributed by atoms with van der Waals surface area (Å²) in [7, 11) is 0. The monoisotopic (exact) mass is 363 g/mol. The van der Waals surface area contributed by atoms with Crippen LogP contribution in [0, 0.1) is 6.92 Å². The van der Waals surface area contributed by atoms with Crippen molar-refractivity contribution < 1.29 is 4.79 Å². The van der Waals surface area contributed by atoms with Crippen LogP contribution in [0.15, 0.2) is 48.5 Å². The Hall–Kier alpha value is -2.86. The molecule has 0 radical (unpaired) electrons. The van der Waals surface area contributed by atoms with E-state index in [1.54, 1.807) is 0 Å². The van der Waals surface area contributed by atoms with Crippen molar-refractivity contribution in [3.8, 4) is 0 Å². The number of nitrogens with zero attached hydrogens (tertiary/aromatic N) is 3. The average molecular weight is 363 g/mol. The van der Waals surface area contributed by atoms with Gasteiger partial charge in [-0.05, 0) is 37.1 Å². The summed E-state index contributed by atoms with van der Waals surface area (Å²) >= 11 is 0. The third-order valence-corrected chi connectivity index (χ3v) is 5.07. The number of amides is 2. The fourth-order valence-electron chi connectivity index (χ4n) is 3.52. The smallest absolute Gasteiger partial charge is 0.321 e. The van der Waals surface area contributed by atoms with Crippen LogP contribution in [0.1, 0.15) is 11.4 Å². The third kappa shape index (κ3) is 4.28. The van der Waals surface area contributed by atoms with Crippen LogP contribution in [0.2, 0.25) is 0 Å². The number of carbonyl (C=O) groups is 1. The molecule has 1 aliphatic rings. The van der Waals surface area contributed by atoms with Gasteiger partial charge in [-0.2, -0.15) is 0 Å². The molecule has 0 saturated carbocycles. The van der Waals surface area contributed by atoms with Gasteiger partial charge in [0.2, 0.25) is 0 Å². The molecule has 140 valence electrons. The van der Waals surface area contributed by atoms with Crippen LogP contribution in [-0.2, 0) is 6.42 Å². The highest BCUT2D eigenvalue weighted by Crippen LogP contribution is 2.18. The third-order valence-electron chi connectivity index (χ3n) is 5.07. The van der Waals surface area contributed by atoms with E-state index < -0.39 is 0 Å². The molecule has 1 saturated heterocycles. The first-order chi connectivity index (χ1) is 13.2. The Morgan fingerprint density at radius 1 is 1.11 bits per heavy atom. The molecule has 0 aliphatic carbocycles. The summed E-state index contributed by atoms with van der Waals surface area (Å²) in [4.78, 5) is 24.5. The minimum atomic E-state index is -0.0340. The molecule has 0 atom stereocenters. The highest BCUT2D eigenvalue weighted by atomic mass is 16.2. The van der Waals surface area contributed by atoms with E-state index in [1.165, 1.54) is 5.56 Å². The predicted molar refractivity (Wildman–Crippen MR) is 108 cm³/mol. The van der Waals surface area contributed by atoms with Gasteiger partial charge in [-0.3, -0.25) is 4.90 Å². The quantitative estimate of drug-likeness (QED) is 0.748. The number of H-pyrrole nitrogens is 1. The zero-order chi connectivity index (χ0) is 18.6. The van der Waals surface area contributed by atoms with E-state index in [4.69, 9.17) is 0 Å². The number of benzene rings is 2. The summed E-state index contributed by atoms with van der Waals surface area (Å²) in [6.45, 7) is 6.31. The first-order valence-electron chi connectivity index (χ1n) is 9.46. The molecule has 0 unspecified atom stereocenters. The lowest BCUT2D eigenvalue weighted by molar-refractivity contribution is 0.148. The van der Waals surface area contributed by atoms with Crippen LogP contribution in [0.4, 0.5) is 10.5 Å². The molecule has 1 fully saturated rings. The molecule has 27 heavy (non-hydrogen) atoms. The van der Waals surface area contributed by atoms with Crippen molar-refractivity contribution in [1.82, 2.24) is 19.8 Å². The molecule has 1 aliphatic heterocycles. The van der Waals surface area contributed by atoms with Gasteiger partial charge in [0.25, 0.3) is 0 Å². The van der Waals surface area contributed by atoms with Crippen LogP contribution in [0.5, 0.6) is 0 Å². The van der Waals surface area contributed by atoms with Gasteiger partial charge in [-0.25, -0.2) is 9.78 Å². The van der Waals surface area contributed by atoms with E-state index in [9.17, 15) is 4.79 Å². The summed E-state index contributed by atoms with van der Waals surface area (Å²) in [5.41, 5.74) is 4.01. The fraction of sp³-hybridized carbons (Fsp3) is 0.333. The molecule has 2 heterocycles. The number of urea groups is 1. The Bertz CT molecular complexity index is 913. The van der Waals surface area contributed by atoms with E-state index in [0.717, 1.165) is 61.7 Å². The van der Waals surface area contributed by atoms with E-state index >= 15 is 0 Å². The van der Waals surface area contributed by atoms with Gasteiger partial charge in [0.15, 0.2) is 0 Å². The highest BCUT2D eigenvalue weighted by molar-refractivity contribution is 5.92. The van der Waals surface area contributed by atoms with Crippen molar-refractivity contribution in [1.29, 1.82) is 0 Å². The second-order valence-corrected chi connectivity index (χ2v) is 7.05. The summed E-state index contributed by atoms with van der Waals surface area (Å²) in [5, 5.41) is 3.01. The summed E-state index contributed by atoms with van der Waals surface area (Å²) < 4.78 is 0. The fourth-order valence-corrected chi connectivity index (χ4v) is 3.52. The number of hydrogen-bond acceptors (Lipinski definition) is 3. The number of aryl methyl sites for hydroxylation is 1. The minimum Gasteiger partial charge on any atom is -0.342 e. The van der Waals surface area contributed by atoms with Crippen molar-refractivity contribution >= 4 is 22.8 Å². The maximum atomic E-state index is 12.6. The Labute approximate surface area is 159 Å². The molecule has 2 N–H and O–H groups in total. The zero-order valence-electron chi connectivity index (χ0n) is 15.6. The first kappa shape index (κ1) is 17.5. The number of nitrogens with one attached hydrogen (secondary N) is 2. The van der Waals surface area contributed by atoms with Gasteiger partial charge in [0, 0.05) is 38.4 Å². The van der Waals surface area contributed by atoms with Crippen molar-refractivity contribution in [2.45, 2.75) is 13.3 Å². The number of hydrogen-bond donors (Lipinski definition) is 2. The van der Waals surface area contributed by atoms with Crippen LogP contribution in [-0.4, -0.2) is 58.5 Å². The van der Waals surface area contributed by atoms with Crippen molar-refractivity contribution in [2.75, 3.05) is 38.0 Å². The minimum absolute atomic E-state index is 0.0340. The van der Waals surface area contributed by atoms with Crippen LogP contribution in [0.25, 0.3) is 11.0 Å². The molecular formula is C21H25N5O. The standard InChI is InChI=1S/C21H25N5O/c1-16-22-19-8-7-18(15-20(19)23-16)24-21(27)26-13-11-25(12-14-26)10-9-17-5-3-2-4-6-17/h2-8,15H,9-14H2,1H3,(H,22,23)(H,24,27). The molecule has 6 nitrogen and oxygen atoms in total. The van der Waals surface area contributed by atoms with E-state index in [0.29, 0.717) is 0 Å². The molecule has 3 aromatic rings. The number of fused-ring (bicyclic) bond motifs is 1. The zero-order valence-corrected chi connectivity index (χ0v) is 15.6. The number of aromatic amines is 1. The summed E-state index contributed by atoms with van der Waals surface area (Å²) in [6.07, 6.45) is 1.05. The van der Waals surface area contributed by atoms with Crippen LogP contribution >= 0.6 is 0 Å². The van der Waals surface area contributed by atoms with Crippen LogP contribution < -0.4 is 5.32 Å². The van der Waals surface area contributed by atoms with E-state index in [2.05, 4.69) is 44.5 Å². The Kier molecular flexibility index (Phi) is 5.07. The van der Waals surface area contributed by atoms with Gasteiger partial charge in [0.05, 0.1) is 11.0 Å². The molecular weight excluding hydrogens is 338 g/mol. The number of anilines is 1. The van der Waals surface area contributed by atoms with Crippen LogP contribution in [0.3, 0.4) is 0 Å². The van der Waals surface area contributed by atoms with Gasteiger partial charge in [-0.1, -0.05) is 30.3 Å². The molecule has 0 spiro atoms. The number of imidazole rings is 1. The maximum Gasteiger partial charge on any atom is 0.321 e. The summed E-state index contributed by atoms with van der Waals surface area (Å²) in [5.74, 6) is 0.875. The SMILES string of the molecule is Cc1nc2ccc(NC(=O)N3CCN(CCc4ccccc4)CC3)cc2[nH]1. The molecule has 4 rings (SSSR count). The highest BCUT2D eigenvalue weighted by Gasteiger charge is 2.21. The van der Waals surface area contributed by atoms with Crippen molar-refractivity contribution in [2.24, 2.45) is 0 Å². The molecule has 0 bridgehead atoms. The van der Waals surface area contributed by atoms with Gasteiger partial charge in [-0.15, -0.1) is 0 Å². The Morgan fingerprint density at radius 3 is 2.67 bits per heavy atom. The van der Waals surface area contributed by atoms with E-state index in [1.807, 2.05) is 36.1 Å². The van der Waals surface area contributed by atoms with Crippen molar-refractivity contribution in [3.05, 3.63) is 59.9 Å². The lowest BCUT2D eigenvalue weighted by Crippen LogP contribution is -2.50. The Balaban J connectivity index is 1.27. The number of rotatable bonds is 4. The second-order valence-electron chi connectivity index (χ2n) is 7.05. The summed E-state index contributed by atoms with van der Waals surface area (Å²) in [6, 6.07) is 16.3. The number of piperazine rings is 1. The van der Waals surface area contributed by atoms with E-state index in [-0.39, 0.29) is 6.03 Å². The maximum absolute atomic E-state index is 12.6. The normalized spacial score (nSPS) is 15.2. The molecule has 1 aromatic heterocycles. The average Bonchev–Trinajstić information content (AvgIpc) is 3.07. The van der Waals surface area contributed by atoms with Gasteiger partial charge in [0.1, 0.15) is 5.82 Å². The lowest BCUT2D eigenvalue weighted by Gasteiger charge is -2.34. The topological polar surface area (TPSA) is 64.3 Å². The number of aromatic nitrogens is 2. The second kappa shape index (κ2) is 7.80.